The van der Waals surface area contributed by atoms with Crippen LogP contribution >= 0.6 is 12.2 Å². The zero-order chi connectivity index (χ0) is 14.4. The predicted octanol–water partition coefficient (Wildman–Crippen LogP) is 4.74. The van der Waals surface area contributed by atoms with E-state index in [0.717, 1.165) is 29.6 Å². The minimum Gasteiger partial charge on any atom is -0.331 e. The topological polar surface area (TPSA) is 20.7 Å². The molecule has 106 valence electrons. The molecule has 0 radical (unpaired) electrons. The van der Waals surface area contributed by atoms with E-state index in [2.05, 4.69) is 58.9 Å². The van der Waals surface area contributed by atoms with E-state index in [1.165, 1.54) is 22.2 Å². The molecule has 0 spiro atoms. The lowest BCUT2D eigenvalue weighted by Crippen LogP contribution is -2.18. The highest BCUT2D eigenvalue weighted by Gasteiger charge is 2.21. The molecule has 1 unspecified atom stereocenters. The quantitative estimate of drug-likeness (QED) is 0.643. The average molecular weight is 294 g/mol. The summed E-state index contributed by atoms with van der Waals surface area (Å²) in [6, 6.07) is 15.8. The van der Waals surface area contributed by atoms with Crippen LogP contribution < -0.4 is 0 Å². The van der Waals surface area contributed by atoms with Crippen LogP contribution in [0, 0.1) is 11.7 Å². The number of rotatable bonds is 1. The monoisotopic (exact) mass is 294 g/mol. The van der Waals surface area contributed by atoms with Gasteiger partial charge in [0.1, 0.15) is 0 Å². The third kappa shape index (κ3) is 2.12. The van der Waals surface area contributed by atoms with Crippen molar-refractivity contribution in [1.29, 1.82) is 0 Å². The summed E-state index contributed by atoms with van der Waals surface area (Å²) in [7, 11) is 0. The lowest BCUT2D eigenvalue weighted by atomic mass is 9.88. The van der Waals surface area contributed by atoms with E-state index in [1.807, 2.05) is 0 Å². The van der Waals surface area contributed by atoms with Crippen LogP contribution in [-0.2, 0) is 12.8 Å². The number of fused-ring (bicyclic) bond motifs is 2. The number of hydrogen-bond acceptors (Lipinski definition) is 1. The Kier molecular flexibility index (Phi) is 2.96. The molecule has 3 heteroatoms. The maximum atomic E-state index is 5.58. The Bertz CT molecular complexity index is 872. The minimum absolute atomic E-state index is 0.462. The summed E-state index contributed by atoms with van der Waals surface area (Å²) in [5.74, 6) is 0. The summed E-state index contributed by atoms with van der Waals surface area (Å²) >= 11 is 5.58. The van der Waals surface area contributed by atoms with E-state index in [-0.39, 0.29) is 0 Å². The zero-order valence-corrected chi connectivity index (χ0v) is 12.9. The van der Waals surface area contributed by atoms with Gasteiger partial charge in [-0.1, -0.05) is 30.3 Å². The summed E-state index contributed by atoms with van der Waals surface area (Å²) in [6.45, 7) is 2.12. The molecule has 0 amide bonds. The van der Waals surface area contributed by atoms with E-state index in [4.69, 9.17) is 12.2 Å². The van der Waals surface area contributed by atoms with Crippen LogP contribution in [0.4, 0.5) is 0 Å². The number of aromatic amines is 1. The maximum Gasteiger partial charge on any atom is 0.178 e. The van der Waals surface area contributed by atoms with E-state index >= 15 is 0 Å². The van der Waals surface area contributed by atoms with Crippen LogP contribution in [-0.4, -0.2) is 9.55 Å². The van der Waals surface area contributed by atoms with Gasteiger partial charge in [0, 0.05) is 6.04 Å². The second-order valence-corrected chi connectivity index (χ2v) is 6.37. The van der Waals surface area contributed by atoms with E-state index in [0.29, 0.717) is 6.04 Å². The number of imidazole rings is 1. The van der Waals surface area contributed by atoms with E-state index in [1.54, 1.807) is 0 Å². The van der Waals surface area contributed by atoms with Gasteiger partial charge in [0.2, 0.25) is 0 Å². The van der Waals surface area contributed by atoms with Gasteiger partial charge in [-0.2, -0.15) is 0 Å². The predicted molar refractivity (Wildman–Crippen MR) is 89.4 cm³/mol. The number of H-pyrrole nitrogens is 1. The summed E-state index contributed by atoms with van der Waals surface area (Å²) in [5.41, 5.74) is 6.61. The fraction of sp³-hybridized carbons (Fsp3) is 0.278. The smallest absolute Gasteiger partial charge is 0.178 e. The molecule has 0 saturated heterocycles. The molecule has 1 aromatic heterocycles. The second-order valence-electron chi connectivity index (χ2n) is 5.99. The number of hydrogen-bond donors (Lipinski definition) is 1. The molecule has 0 saturated carbocycles. The Balaban J connectivity index is 1.81. The van der Waals surface area contributed by atoms with Gasteiger partial charge in [-0.25, -0.2) is 0 Å². The first-order valence-electron chi connectivity index (χ1n) is 7.50. The molecule has 0 bridgehead atoms. The first-order chi connectivity index (χ1) is 10.2. The summed E-state index contributed by atoms with van der Waals surface area (Å²) in [5, 5.41) is 0. The molecular weight excluding hydrogens is 276 g/mol. The Morgan fingerprint density at radius 3 is 2.81 bits per heavy atom. The maximum absolute atomic E-state index is 5.58. The number of aryl methyl sites for hydroxylation is 2. The van der Waals surface area contributed by atoms with Crippen molar-refractivity contribution >= 4 is 23.3 Å². The van der Waals surface area contributed by atoms with Crippen molar-refractivity contribution in [2.45, 2.75) is 32.2 Å². The number of nitrogens with one attached hydrogen (secondary N) is 1. The third-order valence-electron chi connectivity index (χ3n) is 4.56. The van der Waals surface area contributed by atoms with Crippen molar-refractivity contribution in [3.63, 3.8) is 0 Å². The van der Waals surface area contributed by atoms with Gasteiger partial charge in [-0.15, -0.1) is 0 Å². The number of benzene rings is 2. The van der Waals surface area contributed by atoms with Crippen LogP contribution in [0.15, 0.2) is 42.5 Å². The second kappa shape index (κ2) is 4.85. The molecular formula is C18H18N2S. The van der Waals surface area contributed by atoms with Crippen LogP contribution in [0.25, 0.3) is 11.0 Å². The fourth-order valence-corrected chi connectivity index (χ4v) is 3.86. The highest BCUT2D eigenvalue weighted by Crippen LogP contribution is 2.31. The van der Waals surface area contributed by atoms with Gasteiger partial charge in [0.25, 0.3) is 0 Å². The van der Waals surface area contributed by atoms with Gasteiger partial charge >= 0.3 is 0 Å². The van der Waals surface area contributed by atoms with Gasteiger partial charge in [0.05, 0.1) is 11.0 Å². The van der Waals surface area contributed by atoms with Gasteiger partial charge < -0.3 is 9.55 Å². The van der Waals surface area contributed by atoms with Crippen LogP contribution in [0.2, 0.25) is 0 Å². The molecule has 3 aromatic rings. The normalized spacial score (nSPS) is 17.9. The average Bonchev–Trinajstić information content (AvgIpc) is 2.81. The summed E-state index contributed by atoms with van der Waals surface area (Å²) in [4.78, 5) is 3.37. The lowest BCUT2D eigenvalue weighted by molar-refractivity contribution is 0.448. The number of aromatic nitrogens is 2. The third-order valence-corrected chi connectivity index (χ3v) is 4.86. The molecule has 1 heterocycles. The van der Waals surface area contributed by atoms with Crippen molar-refractivity contribution in [2.75, 3.05) is 0 Å². The van der Waals surface area contributed by atoms with Gasteiger partial charge in [-0.3, -0.25) is 0 Å². The van der Waals surface area contributed by atoms with Crippen LogP contribution in [0.3, 0.4) is 0 Å². The molecule has 2 nitrogen and oxygen atoms in total. The van der Waals surface area contributed by atoms with Crippen LogP contribution in [0.5, 0.6) is 0 Å². The van der Waals surface area contributed by atoms with Crippen molar-refractivity contribution in [1.82, 2.24) is 9.55 Å². The number of nitrogens with zero attached hydrogens (tertiary/aromatic N) is 1. The Hall–Kier alpha value is -1.87. The zero-order valence-electron chi connectivity index (χ0n) is 12.1. The first-order valence-corrected chi connectivity index (χ1v) is 7.91. The lowest BCUT2D eigenvalue weighted by Gasteiger charge is -2.26. The highest BCUT2D eigenvalue weighted by atomic mass is 32.1. The summed E-state index contributed by atoms with van der Waals surface area (Å²) < 4.78 is 3.17. The molecule has 4 rings (SSSR count). The largest absolute Gasteiger partial charge is 0.331 e. The standard InChI is InChI=1S/C18H18N2S/c1-12-6-9-17-16(10-12)19-18(21)20(17)15-8-7-13-4-2-3-5-14(13)11-15/h2-6,9-10,15H,7-8,11H2,1H3,(H,19,21). The van der Waals surface area contributed by atoms with Crippen molar-refractivity contribution in [3.05, 3.63) is 63.9 Å². The molecule has 1 N–H and O–H groups in total. The van der Waals surface area contributed by atoms with Crippen LogP contribution in [0.1, 0.15) is 29.2 Å². The molecule has 0 fully saturated rings. The van der Waals surface area contributed by atoms with E-state index < -0.39 is 0 Å². The molecule has 21 heavy (non-hydrogen) atoms. The first kappa shape index (κ1) is 12.8. The van der Waals surface area contributed by atoms with E-state index in [9.17, 15) is 0 Å². The minimum atomic E-state index is 0.462. The Morgan fingerprint density at radius 1 is 1.14 bits per heavy atom. The van der Waals surface area contributed by atoms with Gasteiger partial charge in [-0.05, 0) is 67.2 Å². The van der Waals surface area contributed by atoms with Gasteiger partial charge in [0.15, 0.2) is 4.77 Å². The highest BCUT2D eigenvalue weighted by molar-refractivity contribution is 7.71. The van der Waals surface area contributed by atoms with Crippen molar-refractivity contribution in [3.8, 4) is 0 Å². The van der Waals surface area contributed by atoms with Crippen molar-refractivity contribution < 1.29 is 0 Å². The Morgan fingerprint density at radius 2 is 1.95 bits per heavy atom. The molecule has 1 atom stereocenters. The Labute approximate surface area is 129 Å². The van der Waals surface area contributed by atoms with Crippen molar-refractivity contribution in [2.24, 2.45) is 0 Å². The molecule has 1 aliphatic rings. The fourth-order valence-electron chi connectivity index (χ4n) is 3.51. The SMILES string of the molecule is Cc1ccc2c(c1)[nH]c(=S)n2C1CCc2ccccc2C1. The molecule has 0 aliphatic heterocycles. The molecule has 1 aliphatic carbocycles. The molecule has 2 aromatic carbocycles. The summed E-state index contributed by atoms with van der Waals surface area (Å²) in [6.07, 6.45) is 3.37.